The molecule has 6 nitrogen and oxygen atoms in total. The Labute approximate surface area is 165 Å². The number of anilines is 1. The summed E-state index contributed by atoms with van der Waals surface area (Å²) in [4.78, 5) is 14.7. The zero-order valence-electron chi connectivity index (χ0n) is 16.0. The van der Waals surface area contributed by atoms with E-state index in [2.05, 4.69) is 4.72 Å². The molecule has 2 aromatic rings. The zero-order valence-corrected chi connectivity index (χ0v) is 16.8. The first-order chi connectivity index (χ1) is 13.4. The molecular weight excluding hydrogens is 376 g/mol. The van der Waals surface area contributed by atoms with Gasteiger partial charge in [-0.3, -0.25) is 4.79 Å². The van der Waals surface area contributed by atoms with Crippen molar-refractivity contribution in [3.8, 4) is 5.75 Å². The molecule has 7 heteroatoms. The molecule has 0 radical (unpaired) electrons. The highest BCUT2D eigenvalue weighted by Crippen LogP contribution is 2.30. The molecule has 1 aliphatic heterocycles. The second-order valence-corrected chi connectivity index (χ2v) is 8.26. The summed E-state index contributed by atoms with van der Waals surface area (Å²) in [6, 6.07) is 12.2. The maximum Gasteiger partial charge on any atom is 0.250 e. The first-order valence-electron chi connectivity index (χ1n) is 9.21. The van der Waals surface area contributed by atoms with E-state index in [9.17, 15) is 13.2 Å². The molecule has 0 bridgehead atoms. The van der Waals surface area contributed by atoms with Gasteiger partial charge in [-0.25, -0.2) is 13.1 Å². The van der Waals surface area contributed by atoms with Crippen LogP contribution in [0.5, 0.6) is 5.75 Å². The van der Waals surface area contributed by atoms with E-state index >= 15 is 0 Å². The van der Waals surface area contributed by atoms with Crippen LogP contribution in [0.15, 0.2) is 53.4 Å². The number of rotatable bonds is 6. The fourth-order valence-electron chi connectivity index (χ4n) is 3.22. The summed E-state index contributed by atoms with van der Waals surface area (Å²) in [6.45, 7) is 2.74. The molecule has 1 aliphatic rings. The topological polar surface area (TPSA) is 75.7 Å². The van der Waals surface area contributed by atoms with Crippen molar-refractivity contribution < 1.29 is 17.9 Å². The van der Waals surface area contributed by atoms with Crippen LogP contribution in [0.1, 0.15) is 24.5 Å². The van der Waals surface area contributed by atoms with Gasteiger partial charge in [0.05, 0.1) is 12.0 Å². The van der Waals surface area contributed by atoms with Gasteiger partial charge >= 0.3 is 0 Å². The van der Waals surface area contributed by atoms with Crippen LogP contribution in [0, 0.1) is 0 Å². The Morgan fingerprint density at radius 3 is 2.64 bits per heavy atom. The van der Waals surface area contributed by atoms with Crippen LogP contribution in [0.4, 0.5) is 5.69 Å². The van der Waals surface area contributed by atoms with Crippen molar-refractivity contribution in [1.29, 1.82) is 0 Å². The Bertz CT molecular complexity index is 982. The number of nitrogens with one attached hydrogen (secondary N) is 1. The Morgan fingerprint density at radius 1 is 1.21 bits per heavy atom. The summed E-state index contributed by atoms with van der Waals surface area (Å²) in [7, 11) is -1.84. The third-order valence-electron chi connectivity index (χ3n) is 4.61. The molecule has 0 saturated carbocycles. The second kappa shape index (κ2) is 8.58. The van der Waals surface area contributed by atoms with Crippen molar-refractivity contribution in [1.82, 2.24) is 4.72 Å². The number of sulfonamides is 1. The van der Waals surface area contributed by atoms with E-state index < -0.39 is 10.0 Å². The highest BCUT2D eigenvalue weighted by Gasteiger charge is 2.21. The Hall–Kier alpha value is -2.64. The fourth-order valence-corrected chi connectivity index (χ4v) is 4.26. The van der Waals surface area contributed by atoms with E-state index in [1.165, 1.54) is 18.2 Å². The number of benzene rings is 2. The smallest absolute Gasteiger partial charge is 0.250 e. The lowest BCUT2D eigenvalue weighted by Crippen LogP contribution is -2.34. The maximum atomic E-state index is 12.7. The summed E-state index contributed by atoms with van der Waals surface area (Å²) in [6.07, 6.45) is 5.04. The predicted molar refractivity (Wildman–Crippen MR) is 110 cm³/mol. The number of fused-ring (bicyclic) bond motifs is 1. The summed E-state index contributed by atoms with van der Waals surface area (Å²) in [5, 5.41) is 0. The molecule has 28 heavy (non-hydrogen) atoms. The number of amides is 1. The molecule has 0 atom stereocenters. The lowest BCUT2D eigenvalue weighted by Gasteiger charge is -2.29. The lowest BCUT2D eigenvalue weighted by molar-refractivity contribution is -0.114. The van der Waals surface area contributed by atoms with E-state index in [1.54, 1.807) is 37.1 Å². The number of ether oxygens (including phenoxy) is 1. The molecule has 1 amide bonds. The normalized spacial score (nSPS) is 14.1. The second-order valence-electron chi connectivity index (χ2n) is 6.49. The van der Waals surface area contributed by atoms with Gasteiger partial charge in [0, 0.05) is 24.9 Å². The average molecular weight is 401 g/mol. The van der Waals surface area contributed by atoms with Gasteiger partial charge in [-0.2, -0.15) is 0 Å². The monoisotopic (exact) mass is 400 g/mol. The number of carbonyl (C=O) groups excluding carboxylic acids is 1. The first kappa shape index (κ1) is 20.1. The van der Waals surface area contributed by atoms with Crippen molar-refractivity contribution in [2.24, 2.45) is 0 Å². The van der Waals surface area contributed by atoms with Gasteiger partial charge in [-0.05, 0) is 60.4 Å². The van der Waals surface area contributed by atoms with Gasteiger partial charge in [0.1, 0.15) is 5.75 Å². The third-order valence-corrected chi connectivity index (χ3v) is 6.18. The molecule has 3 rings (SSSR count). The van der Waals surface area contributed by atoms with Gasteiger partial charge in [0.25, 0.3) is 5.91 Å². The van der Waals surface area contributed by atoms with Crippen LogP contribution in [0.25, 0.3) is 6.08 Å². The van der Waals surface area contributed by atoms with Crippen molar-refractivity contribution in [3.05, 3.63) is 59.7 Å². The van der Waals surface area contributed by atoms with Crippen LogP contribution in [-0.4, -0.2) is 34.5 Å². The minimum absolute atomic E-state index is 0.101. The lowest BCUT2D eigenvalue weighted by atomic mass is 10.0. The van der Waals surface area contributed by atoms with Gasteiger partial charge in [-0.1, -0.05) is 19.1 Å². The summed E-state index contributed by atoms with van der Waals surface area (Å²) in [5.41, 5.74) is 2.77. The average Bonchev–Trinajstić information content (AvgIpc) is 2.71. The quantitative estimate of drug-likeness (QED) is 0.757. The van der Waals surface area contributed by atoms with Crippen molar-refractivity contribution in [3.63, 3.8) is 0 Å². The molecule has 0 unspecified atom stereocenters. The summed E-state index contributed by atoms with van der Waals surface area (Å²) in [5.74, 6) is 0.687. The highest BCUT2D eigenvalue weighted by atomic mass is 32.2. The maximum absolute atomic E-state index is 12.7. The van der Waals surface area contributed by atoms with Crippen LogP contribution in [0.2, 0.25) is 0 Å². The van der Waals surface area contributed by atoms with Gasteiger partial charge in [0.15, 0.2) is 0 Å². The fraction of sp³-hybridized carbons (Fsp3) is 0.286. The van der Waals surface area contributed by atoms with Crippen LogP contribution < -0.4 is 14.4 Å². The molecule has 0 fully saturated rings. The highest BCUT2D eigenvalue weighted by molar-refractivity contribution is 7.89. The van der Waals surface area contributed by atoms with E-state index in [0.717, 1.165) is 35.4 Å². The SMILES string of the molecule is CCNS(=O)(=O)c1ccc(/C=C/C(=O)N2CCCc3cc(OC)ccc32)cc1. The number of carbonyl (C=O) groups is 1. The third kappa shape index (κ3) is 4.43. The van der Waals surface area contributed by atoms with E-state index in [-0.39, 0.29) is 10.8 Å². The molecule has 1 heterocycles. The Kier molecular flexibility index (Phi) is 6.16. The van der Waals surface area contributed by atoms with E-state index in [0.29, 0.717) is 13.1 Å². The number of nitrogens with zero attached hydrogens (tertiary/aromatic N) is 1. The Balaban J connectivity index is 1.74. The molecule has 0 aromatic heterocycles. The minimum atomic E-state index is -3.47. The van der Waals surface area contributed by atoms with Crippen LogP contribution in [-0.2, 0) is 21.2 Å². The van der Waals surface area contributed by atoms with Crippen molar-refractivity contribution >= 4 is 27.7 Å². The van der Waals surface area contributed by atoms with Crippen molar-refractivity contribution in [2.75, 3.05) is 25.1 Å². The minimum Gasteiger partial charge on any atom is -0.497 e. The summed E-state index contributed by atoms with van der Waals surface area (Å²) < 4.78 is 31.7. The summed E-state index contributed by atoms with van der Waals surface area (Å²) >= 11 is 0. The Morgan fingerprint density at radius 2 is 1.96 bits per heavy atom. The number of hydrogen-bond acceptors (Lipinski definition) is 4. The molecular formula is C21H24N2O4S. The number of aryl methyl sites for hydroxylation is 1. The van der Waals surface area contributed by atoms with Crippen molar-refractivity contribution in [2.45, 2.75) is 24.7 Å². The largest absolute Gasteiger partial charge is 0.497 e. The number of methoxy groups -OCH3 is 1. The molecule has 0 saturated heterocycles. The molecule has 0 spiro atoms. The molecule has 2 aromatic carbocycles. The van der Waals surface area contributed by atoms with Crippen LogP contribution in [0.3, 0.4) is 0 Å². The van der Waals surface area contributed by atoms with E-state index in [1.807, 2.05) is 18.2 Å². The van der Waals surface area contributed by atoms with Gasteiger partial charge in [0.2, 0.25) is 10.0 Å². The van der Waals surface area contributed by atoms with Crippen LogP contribution >= 0.6 is 0 Å². The standard InChI is InChI=1S/C21H24N2O4S/c1-3-22-28(25,26)19-10-6-16(7-11-19)8-13-21(24)23-14-4-5-17-15-18(27-2)9-12-20(17)23/h6-13,15,22H,3-5,14H2,1-2H3/b13-8+. The number of hydrogen-bond donors (Lipinski definition) is 1. The molecule has 148 valence electrons. The first-order valence-corrected chi connectivity index (χ1v) is 10.7. The van der Waals surface area contributed by atoms with Gasteiger partial charge < -0.3 is 9.64 Å². The molecule has 1 N–H and O–H groups in total. The van der Waals surface area contributed by atoms with Gasteiger partial charge in [-0.15, -0.1) is 0 Å². The zero-order chi connectivity index (χ0) is 20.1. The molecule has 0 aliphatic carbocycles. The van der Waals surface area contributed by atoms with E-state index in [4.69, 9.17) is 4.74 Å². The predicted octanol–water partition coefficient (Wildman–Crippen LogP) is 2.99.